The monoisotopic (exact) mass is 532 g/mol. The number of aromatic nitrogens is 4. The fourth-order valence-corrected chi connectivity index (χ4v) is 6.28. The van der Waals surface area contributed by atoms with Gasteiger partial charge in [0.2, 0.25) is 0 Å². The molecule has 40 heavy (non-hydrogen) atoms. The van der Waals surface area contributed by atoms with Crippen molar-refractivity contribution in [2.45, 2.75) is 63.5 Å². The quantitative estimate of drug-likeness (QED) is 0.222. The SMILES string of the molecule is Fc1ccc(-c2nn3c(NC4CCCC4)cccc3c2-c2cc(-c3ccccc3NC3CCCC3)ncn2)cc1. The number of anilines is 2. The molecule has 0 bridgehead atoms. The zero-order valence-corrected chi connectivity index (χ0v) is 22.5. The summed E-state index contributed by atoms with van der Waals surface area (Å²) in [6.45, 7) is 0. The molecule has 0 unspecified atom stereocenters. The largest absolute Gasteiger partial charge is 0.382 e. The Bertz CT molecular complexity index is 1630. The van der Waals surface area contributed by atoms with Crippen molar-refractivity contribution in [3.63, 3.8) is 0 Å². The number of hydrogen-bond donors (Lipinski definition) is 2. The van der Waals surface area contributed by atoms with Gasteiger partial charge in [0.1, 0.15) is 23.7 Å². The third-order valence-corrected chi connectivity index (χ3v) is 8.32. The molecule has 6 nitrogen and oxygen atoms in total. The van der Waals surface area contributed by atoms with E-state index >= 15 is 0 Å². The third kappa shape index (κ3) is 4.81. The maximum Gasteiger partial charge on any atom is 0.128 e. The fraction of sp³-hybridized carbons (Fsp3) is 0.303. The van der Waals surface area contributed by atoms with Crippen LogP contribution in [-0.4, -0.2) is 31.7 Å². The molecule has 0 radical (unpaired) electrons. The molecule has 2 saturated carbocycles. The molecule has 2 aliphatic carbocycles. The predicted octanol–water partition coefficient (Wildman–Crippen LogP) is 7.97. The lowest BCUT2D eigenvalue weighted by molar-refractivity contribution is 0.628. The molecule has 7 rings (SSSR count). The van der Waals surface area contributed by atoms with E-state index in [-0.39, 0.29) is 5.82 Å². The summed E-state index contributed by atoms with van der Waals surface area (Å²) < 4.78 is 15.9. The van der Waals surface area contributed by atoms with E-state index in [0.29, 0.717) is 12.1 Å². The number of fused-ring (bicyclic) bond motifs is 1. The van der Waals surface area contributed by atoms with Crippen LogP contribution in [0.25, 0.3) is 39.3 Å². The van der Waals surface area contributed by atoms with Gasteiger partial charge in [0.15, 0.2) is 0 Å². The summed E-state index contributed by atoms with van der Waals surface area (Å²) in [7, 11) is 0. The highest BCUT2D eigenvalue weighted by Gasteiger charge is 2.23. The van der Waals surface area contributed by atoms with E-state index < -0.39 is 0 Å². The molecule has 2 N–H and O–H groups in total. The summed E-state index contributed by atoms with van der Waals surface area (Å²) in [5.41, 5.74) is 7.26. The molecule has 2 aromatic carbocycles. The maximum absolute atomic E-state index is 13.9. The highest BCUT2D eigenvalue weighted by atomic mass is 19.1. The van der Waals surface area contributed by atoms with E-state index in [1.807, 2.05) is 4.52 Å². The predicted molar refractivity (Wildman–Crippen MR) is 159 cm³/mol. The summed E-state index contributed by atoms with van der Waals surface area (Å²) in [6, 6.07) is 24.1. The van der Waals surface area contributed by atoms with Crippen LogP contribution in [0, 0.1) is 5.82 Å². The molecular formula is C33H33FN6. The van der Waals surface area contributed by atoms with Crippen LogP contribution in [0.15, 0.2) is 79.1 Å². The van der Waals surface area contributed by atoms with Gasteiger partial charge in [-0.2, -0.15) is 5.10 Å². The first kappa shape index (κ1) is 24.8. The maximum atomic E-state index is 13.9. The van der Waals surface area contributed by atoms with Gasteiger partial charge >= 0.3 is 0 Å². The zero-order valence-electron chi connectivity index (χ0n) is 22.5. The van der Waals surface area contributed by atoms with Crippen molar-refractivity contribution in [1.29, 1.82) is 0 Å². The van der Waals surface area contributed by atoms with Crippen molar-refractivity contribution in [3.8, 4) is 33.8 Å². The molecule has 2 fully saturated rings. The molecule has 202 valence electrons. The molecule has 5 aromatic rings. The van der Waals surface area contributed by atoms with Gasteiger partial charge < -0.3 is 10.6 Å². The highest BCUT2D eigenvalue weighted by molar-refractivity contribution is 5.92. The van der Waals surface area contributed by atoms with Crippen molar-refractivity contribution >= 4 is 17.0 Å². The van der Waals surface area contributed by atoms with Gasteiger partial charge in [-0.25, -0.2) is 18.9 Å². The van der Waals surface area contributed by atoms with Crippen LogP contribution in [-0.2, 0) is 0 Å². The molecule has 2 aliphatic rings. The summed E-state index contributed by atoms with van der Waals surface area (Å²) in [6.07, 6.45) is 11.4. The average molecular weight is 533 g/mol. The van der Waals surface area contributed by atoms with E-state index in [9.17, 15) is 4.39 Å². The van der Waals surface area contributed by atoms with Crippen LogP contribution in [0.2, 0.25) is 0 Å². The van der Waals surface area contributed by atoms with Crippen LogP contribution in [0.5, 0.6) is 0 Å². The lowest BCUT2D eigenvalue weighted by Crippen LogP contribution is -2.16. The standard InChI is InChI=1S/C33H33FN6/c34-23-18-16-22(17-19-23)33-32(30-14-7-15-31(40(30)39-33)38-25-10-3-4-11-25)29-20-28(35-21-36-29)26-12-5-6-13-27(26)37-24-8-1-2-9-24/h5-7,12-21,24-25,37-38H,1-4,8-11H2. The van der Waals surface area contributed by atoms with E-state index in [0.717, 1.165) is 50.8 Å². The molecule has 7 heteroatoms. The summed E-state index contributed by atoms with van der Waals surface area (Å²) in [4.78, 5) is 9.44. The lowest BCUT2D eigenvalue weighted by Gasteiger charge is -2.17. The Labute approximate surface area is 233 Å². The van der Waals surface area contributed by atoms with E-state index in [1.54, 1.807) is 18.5 Å². The van der Waals surface area contributed by atoms with Crippen molar-refractivity contribution < 1.29 is 4.39 Å². The zero-order chi connectivity index (χ0) is 26.9. The second-order valence-corrected chi connectivity index (χ2v) is 11.0. The van der Waals surface area contributed by atoms with Gasteiger partial charge in [0.05, 0.1) is 22.5 Å². The number of pyridine rings is 1. The minimum absolute atomic E-state index is 0.270. The van der Waals surface area contributed by atoms with Crippen molar-refractivity contribution in [2.24, 2.45) is 0 Å². The Hall–Kier alpha value is -4.26. The van der Waals surface area contributed by atoms with Crippen molar-refractivity contribution in [1.82, 2.24) is 19.6 Å². The smallest absolute Gasteiger partial charge is 0.128 e. The minimum atomic E-state index is -0.270. The Morgan fingerprint density at radius 1 is 0.725 bits per heavy atom. The first-order chi connectivity index (χ1) is 19.7. The van der Waals surface area contributed by atoms with Crippen LogP contribution < -0.4 is 10.6 Å². The van der Waals surface area contributed by atoms with E-state index in [2.05, 4.69) is 59.2 Å². The second-order valence-electron chi connectivity index (χ2n) is 11.0. The number of para-hydroxylation sites is 1. The van der Waals surface area contributed by atoms with E-state index in [4.69, 9.17) is 15.1 Å². The molecular weight excluding hydrogens is 499 g/mol. The number of nitrogens with zero attached hydrogens (tertiary/aromatic N) is 4. The molecule has 3 aromatic heterocycles. The Morgan fingerprint density at radius 2 is 1.43 bits per heavy atom. The van der Waals surface area contributed by atoms with E-state index in [1.165, 1.54) is 63.5 Å². The average Bonchev–Trinajstić information content (AvgIpc) is 3.76. The van der Waals surface area contributed by atoms with Crippen molar-refractivity contribution in [2.75, 3.05) is 10.6 Å². The number of halogens is 1. The Balaban J connectivity index is 1.35. The van der Waals surface area contributed by atoms with Crippen LogP contribution in [0.4, 0.5) is 15.9 Å². The fourth-order valence-electron chi connectivity index (χ4n) is 6.28. The second kappa shape index (κ2) is 10.7. The number of hydrogen-bond acceptors (Lipinski definition) is 5. The minimum Gasteiger partial charge on any atom is -0.382 e. The summed E-state index contributed by atoms with van der Waals surface area (Å²) in [5.74, 6) is 0.688. The summed E-state index contributed by atoms with van der Waals surface area (Å²) >= 11 is 0. The Morgan fingerprint density at radius 3 is 2.20 bits per heavy atom. The normalized spacial score (nSPS) is 16.1. The van der Waals surface area contributed by atoms with Gasteiger partial charge in [-0.05, 0) is 74.2 Å². The van der Waals surface area contributed by atoms with Crippen LogP contribution >= 0.6 is 0 Å². The molecule has 0 atom stereocenters. The molecule has 0 spiro atoms. The molecule has 3 heterocycles. The highest BCUT2D eigenvalue weighted by Crippen LogP contribution is 2.38. The van der Waals surface area contributed by atoms with Gasteiger partial charge in [-0.15, -0.1) is 0 Å². The Kier molecular flexibility index (Phi) is 6.63. The van der Waals surface area contributed by atoms with Crippen LogP contribution in [0.1, 0.15) is 51.4 Å². The van der Waals surface area contributed by atoms with Gasteiger partial charge in [-0.3, -0.25) is 0 Å². The molecule has 0 aliphatic heterocycles. The number of nitrogens with one attached hydrogen (secondary N) is 2. The third-order valence-electron chi connectivity index (χ3n) is 8.32. The summed E-state index contributed by atoms with van der Waals surface area (Å²) in [5, 5.41) is 12.5. The van der Waals surface area contributed by atoms with Gasteiger partial charge in [-0.1, -0.05) is 49.9 Å². The first-order valence-corrected chi connectivity index (χ1v) is 14.5. The van der Waals surface area contributed by atoms with Gasteiger partial charge in [0.25, 0.3) is 0 Å². The van der Waals surface area contributed by atoms with Gasteiger partial charge in [0, 0.05) is 28.9 Å². The first-order valence-electron chi connectivity index (χ1n) is 14.5. The van der Waals surface area contributed by atoms with Crippen LogP contribution in [0.3, 0.4) is 0 Å². The molecule has 0 saturated heterocycles. The molecule has 0 amide bonds. The number of rotatable bonds is 7. The topological polar surface area (TPSA) is 67.1 Å². The number of benzene rings is 2. The lowest BCUT2D eigenvalue weighted by atomic mass is 10.0. The van der Waals surface area contributed by atoms with Crippen molar-refractivity contribution in [3.05, 3.63) is 84.9 Å².